The molecule has 5 heteroatoms. The molecule has 0 aliphatic rings. The van der Waals surface area contributed by atoms with Crippen molar-refractivity contribution in [2.45, 2.75) is 19.3 Å². The normalized spacial score (nSPS) is 12.8. The van der Waals surface area contributed by atoms with Crippen LogP contribution < -0.4 is 16.2 Å². The summed E-state index contributed by atoms with van der Waals surface area (Å²) in [7, 11) is 1.55. The van der Waals surface area contributed by atoms with Crippen LogP contribution in [0.15, 0.2) is 12.1 Å². The summed E-state index contributed by atoms with van der Waals surface area (Å²) in [6, 6.07) is 3.78. The van der Waals surface area contributed by atoms with Gasteiger partial charge in [0.25, 0.3) is 0 Å². The van der Waals surface area contributed by atoms with E-state index in [1.807, 2.05) is 12.1 Å². The van der Waals surface area contributed by atoms with Crippen molar-refractivity contribution in [3.8, 4) is 5.75 Å². The Labute approximate surface area is 118 Å². The molecule has 0 amide bonds. The van der Waals surface area contributed by atoms with Gasteiger partial charge in [-0.1, -0.05) is 30.1 Å². The van der Waals surface area contributed by atoms with Crippen LogP contribution in [0.5, 0.6) is 5.75 Å². The van der Waals surface area contributed by atoms with Gasteiger partial charge in [0.05, 0.1) is 17.2 Å². The van der Waals surface area contributed by atoms with Crippen molar-refractivity contribution < 1.29 is 4.74 Å². The minimum absolute atomic E-state index is 0.308. The molecule has 1 unspecified atom stereocenters. The maximum Gasteiger partial charge on any atom is 0.156 e. The van der Waals surface area contributed by atoms with E-state index in [4.69, 9.17) is 39.4 Å². The highest BCUT2D eigenvalue weighted by molar-refractivity contribution is 6.37. The third-order valence-electron chi connectivity index (χ3n) is 3.15. The molecule has 102 valence electrons. The minimum Gasteiger partial charge on any atom is -0.494 e. The largest absolute Gasteiger partial charge is 0.494 e. The summed E-state index contributed by atoms with van der Waals surface area (Å²) in [4.78, 5) is 0. The van der Waals surface area contributed by atoms with E-state index in [0.717, 1.165) is 12.0 Å². The van der Waals surface area contributed by atoms with Crippen LogP contribution in [0, 0.1) is 5.92 Å². The highest BCUT2D eigenvalue weighted by Crippen LogP contribution is 2.37. The molecule has 4 N–H and O–H groups in total. The molecule has 0 fully saturated rings. The van der Waals surface area contributed by atoms with E-state index in [-0.39, 0.29) is 0 Å². The lowest BCUT2D eigenvalue weighted by Gasteiger charge is -2.19. The van der Waals surface area contributed by atoms with Gasteiger partial charge < -0.3 is 16.2 Å². The van der Waals surface area contributed by atoms with E-state index in [9.17, 15) is 0 Å². The van der Waals surface area contributed by atoms with Crippen molar-refractivity contribution in [3.05, 3.63) is 27.7 Å². The van der Waals surface area contributed by atoms with Gasteiger partial charge in [-0.2, -0.15) is 0 Å². The molecule has 18 heavy (non-hydrogen) atoms. The van der Waals surface area contributed by atoms with E-state index < -0.39 is 0 Å². The molecule has 0 heterocycles. The van der Waals surface area contributed by atoms with Crippen molar-refractivity contribution in [1.29, 1.82) is 0 Å². The van der Waals surface area contributed by atoms with Crippen molar-refractivity contribution in [3.63, 3.8) is 0 Å². The maximum absolute atomic E-state index is 6.12. The van der Waals surface area contributed by atoms with Gasteiger partial charge in [-0.25, -0.2) is 0 Å². The molecule has 1 atom stereocenters. The first-order valence-electron chi connectivity index (χ1n) is 5.96. The molecule has 1 aromatic carbocycles. The molecule has 0 saturated heterocycles. The molecule has 3 nitrogen and oxygen atoms in total. The summed E-state index contributed by atoms with van der Waals surface area (Å²) in [6.07, 6.45) is 0.923. The number of halogens is 2. The maximum atomic E-state index is 6.12. The number of ether oxygens (including phenoxy) is 1. The van der Waals surface area contributed by atoms with Crippen molar-refractivity contribution in [1.82, 2.24) is 0 Å². The fourth-order valence-corrected chi connectivity index (χ4v) is 2.64. The predicted octanol–water partition coefficient (Wildman–Crippen LogP) is 3.03. The van der Waals surface area contributed by atoms with Crippen molar-refractivity contribution >= 4 is 23.2 Å². The second-order valence-electron chi connectivity index (χ2n) is 4.49. The fourth-order valence-electron chi connectivity index (χ4n) is 1.98. The Balaban J connectivity index is 2.90. The van der Waals surface area contributed by atoms with Crippen molar-refractivity contribution in [2.24, 2.45) is 17.4 Å². The Kier molecular flexibility index (Phi) is 6.22. The van der Waals surface area contributed by atoms with Crippen LogP contribution in [-0.4, -0.2) is 20.2 Å². The van der Waals surface area contributed by atoms with E-state index >= 15 is 0 Å². The number of hydrogen-bond acceptors (Lipinski definition) is 3. The zero-order chi connectivity index (χ0) is 13.7. The summed E-state index contributed by atoms with van der Waals surface area (Å²) >= 11 is 12.2. The molecule has 0 bridgehead atoms. The highest BCUT2D eigenvalue weighted by Gasteiger charge is 2.16. The van der Waals surface area contributed by atoms with Crippen LogP contribution in [0.3, 0.4) is 0 Å². The predicted molar refractivity (Wildman–Crippen MR) is 77.6 cm³/mol. The second kappa shape index (κ2) is 7.19. The molecule has 0 spiro atoms. The molecular weight excluding hydrogens is 271 g/mol. The zero-order valence-corrected chi connectivity index (χ0v) is 12.3. The van der Waals surface area contributed by atoms with Crippen LogP contribution in [0.2, 0.25) is 10.0 Å². The molecule has 0 saturated carbocycles. The number of methoxy groups -OCH3 is 1. The lowest BCUT2D eigenvalue weighted by molar-refractivity contribution is 0.414. The third kappa shape index (κ3) is 3.75. The quantitative estimate of drug-likeness (QED) is 0.847. The summed E-state index contributed by atoms with van der Waals surface area (Å²) in [6.45, 7) is 3.31. The molecule has 0 radical (unpaired) electrons. The smallest absolute Gasteiger partial charge is 0.156 e. The van der Waals surface area contributed by atoms with Gasteiger partial charge in [0.2, 0.25) is 0 Å². The Morgan fingerprint density at radius 3 is 2.06 bits per heavy atom. The van der Waals surface area contributed by atoms with Gasteiger partial charge >= 0.3 is 0 Å². The van der Waals surface area contributed by atoms with Gasteiger partial charge in [-0.3, -0.25) is 0 Å². The SMILES string of the molecule is COc1c(Cl)cc(C(C)CC(CN)CN)cc1Cl. The Bertz CT molecular complexity index is 372. The molecular formula is C13H20Cl2N2O. The molecule has 1 rings (SSSR count). The summed E-state index contributed by atoms with van der Waals surface area (Å²) in [5.74, 6) is 1.14. The molecule has 0 aliphatic heterocycles. The first-order valence-corrected chi connectivity index (χ1v) is 6.72. The Hall–Kier alpha value is -0.480. The van der Waals surface area contributed by atoms with Gasteiger partial charge in [0.1, 0.15) is 0 Å². The van der Waals surface area contributed by atoms with E-state index in [1.54, 1.807) is 7.11 Å². The molecule has 0 aromatic heterocycles. The van der Waals surface area contributed by atoms with Crippen molar-refractivity contribution in [2.75, 3.05) is 20.2 Å². The fraction of sp³-hybridized carbons (Fsp3) is 0.538. The van der Waals surface area contributed by atoms with Crippen LogP contribution in [0.4, 0.5) is 0 Å². The first kappa shape index (κ1) is 15.6. The summed E-state index contributed by atoms with van der Waals surface area (Å²) in [5, 5.41) is 1.06. The van der Waals surface area contributed by atoms with Crippen LogP contribution in [0.1, 0.15) is 24.8 Å². The average Bonchev–Trinajstić information content (AvgIpc) is 2.35. The summed E-state index contributed by atoms with van der Waals surface area (Å²) < 4.78 is 5.13. The zero-order valence-electron chi connectivity index (χ0n) is 10.7. The monoisotopic (exact) mass is 290 g/mol. The topological polar surface area (TPSA) is 61.3 Å². The molecule has 0 aliphatic carbocycles. The van der Waals surface area contributed by atoms with E-state index in [1.165, 1.54) is 0 Å². The second-order valence-corrected chi connectivity index (χ2v) is 5.31. The van der Waals surface area contributed by atoms with Crippen LogP contribution in [0.25, 0.3) is 0 Å². The summed E-state index contributed by atoms with van der Waals surface area (Å²) in [5.41, 5.74) is 12.4. The van der Waals surface area contributed by atoms with Gasteiger partial charge in [0, 0.05) is 0 Å². The molecule has 1 aromatic rings. The number of hydrogen-bond donors (Lipinski definition) is 2. The Morgan fingerprint density at radius 2 is 1.67 bits per heavy atom. The number of rotatable bonds is 6. The lowest BCUT2D eigenvalue weighted by Crippen LogP contribution is -2.24. The lowest BCUT2D eigenvalue weighted by atomic mass is 9.90. The van der Waals surface area contributed by atoms with E-state index in [2.05, 4.69) is 6.92 Å². The average molecular weight is 291 g/mol. The number of benzene rings is 1. The first-order chi connectivity index (χ1) is 8.53. The van der Waals surface area contributed by atoms with Gasteiger partial charge in [-0.15, -0.1) is 0 Å². The number of nitrogens with two attached hydrogens (primary N) is 2. The van der Waals surface area contributed by atoms with Gasteiger partial charge in [0.15, 0.2) is 5.75 Å². The standard InChI is InChI=1S/C13H20Cl2N2O/c1-8(3-9(6-16)7-17)10-4-11(14)13(18-2)12(15)5-10/h4-5,8-9H,3,6-7,16-17H2,1-2H3. The van der Waals surface area contributed by atoms with Gasteiger partial charge in [-0.05, 0) is 49.0 Å². The van der Waals surface area contributed by atoms with Crippen LogP contribution in [-0.2, 0) is 0 Å². The third-order valence-corrected chi connectivity index (χ3v) is 3.71. The Morgan fingerprint density at radius 1 is 1.17 bits per heavy atom. The van der Waals surface area contributed by atoms with Crippen LogP contribution >= 0.6 is 23.2 Å². The highest BCUT2D eigenvalue weighted by atomic mass is 35.5. The van der Waals surface area contributed by atoms with E-state index in [0.29, 0.717) is 40.7 Å². The minimum atomic E-state index is 0.308.